The predicted octanol–water partition coefficient (Wildman–Crippen LogP) is 5.17. The fourth-order valence-corrected chi connectivity index (χ4v) is 5.36. The van der Waals surface area contributed by atoms with E-state index in [0.29, 0.717) is 38.9 Å². The first-order valence-electron chi connectivity index (χ1n) is 12.3. The average molecular weight is 583 g/mol. The molecule has 0 aliphatic rings. The number of hydrogen-bond donors (Lipinski definition) is 2. The first-order valence-corrected chi connectivity index (χ1v) is 14.7. The van der Waals surface area contributed by atoms with E-state index < -0.39 is 15.6 Å². The molecule has 10 nitrogen and oxygen atoms in total. The Hall–Kier alpha value is -4.91. The molecule has 0 aliphatic heterocycles. The summed E-state index contributed by atoms with van der Waals surface area (Å²) in [6.45, 7) is 2.01. The Morgan fingerprint density at radius 2 is 1.80 bits per heavy atom. The van der Waals surface area contributed by atoms with E-state index in [0.717, 1.165) is 16.5 Å². The van der Waals surface area contributed by atoms with Crippen LogP contribution in [0.15, 0.2) is 110 Å². The van der Waals surface area contributed by atoms with Crippen molar-refractivity contribution in [3.63, 3.8) is 0 Å². The number of thiazole rings is 1. The number of sulfonamides is 1. The summed E-state index contributed by atoms with van der Waals surface area (Å²) in [7, 11) is -3.81. The maximum absolute atomic E-state index is 12.5. The second kappa shape index (κ2) is 10.6. The van der Waals surface area contributed by atoms with Crippen LogP contribution >= 0.6 is 11.3 Å². The summed E-state index contributed by atoms with van der Waals surface area (Å²) in [6.07, 6.45) is 3.42. The number of nitrogens with one attached hydrogen (secondary N) is 1. The Labute approximate surface area is 238 Å². The summed E-state index contributed by atoms with van der Waals surface area (Å²) < 4.78 is 30.4. The van der Waals surface area contributed by atoms with Crippen molar-refractivity contribution < 1.29 is 12.8 Å². The smallest absolute Gasteiger partial charge is 0.345 e. The number of rotatable bonds is 7. The molecule has 0 radical (unpaired) electrons. The molecule has 0 fully saturated rings. The third kappa shape index (κ3) is 5.57. The summed E-state index contributed by atoms with van der Waals surface area (Å²) >= 11 is 1.30. The Morgan fingerprint density at radius 1 is 1.05 bits per heavy atom. The molecule has 0 saturated heterocycles. The molecule has 0 saturated carbocycles. The molecule has 0 amide bonds. The highest BCUT2D eigenvalue weighted by Gasteiger charge is 2.14. The minimum atomic E-state index is -3.81. The Kier molecular flexibility index (Phi) is 6.79. The molecule has 0 atom stereocenters. The number of nitrogens with zero attached hydrogens (tertiary/aromatic N) is 4. The molecule has 0 aliphatic carbocycles. The largest absolute Gasteiger partial charge is 0.422 e. The standard InChI is InChI=1S/C29H22N6O4S2/c1-18-6-8-19(9-7-18)27-21(16-35(34-27)22-10-12-23(13-11-22)41(30,37)38)15-31-33-29-32-25(17-40-29)24-14-20-4-2-3-5-26(20)39-28(24)36/h2-17H,1H3,(H,32,33)(H2,30,37,38)/b31-15-. The third-order valence-electron chi connectivity index (χ3n) is 6.28. The summed E-state index contributed by atoms with van der Waals surface area (Å²) in [5.74, 6) is 0. The topological polar surface area (TPSA) is 145 Å². The van der Waals surface area contributed by atoms with Gasteiger partial charge in [-0.2, -0.15) is 10.2 Å². The van der Waals surface area contributed by atoms with E-state index in [2.05, 4.69) is 15.5 Å². The molecular formula is C29H22N6O4S2. The van der Waals surface area contributed by atoms with E-state index in [1.165, 1.54) is 23.5 Å². The number of nitrogens with two attached hydrogens (primary N) is 1. The SMILES string of the molecule is Cc1ccc(-c2nn(-c3ccc(S(N)(=O)=O)cc3)cc2/C=N\Nc2nc(-c3cc4ccccc4oc3=O)cs2)cc1. The Balaban J connectivity index is 1.28. The van der Waals surface area contributed by atoms with Gasteiger partial charge in [0.25, 0.3) is 0 Å². The van der Waals surface area contributed by atoms with Gasteiger partial charge < -0.3 is 4.42 Å². The van der Waals surface area contributed by atoms with Crippen LogP contribution < -0.4 is 16.2 Å². The number of anilines is 1. The number of hydrazone groups is 1. The molecule has 0 bridgehead atoms. The van der Waals surface area contributed by atoms with Crippen molar-refractivity contribution in [2.45, 2.75) is 11.8 Å². The molecule has 0 unspecified atom stereocenters. The number of aromatic nitrogens is 3. The van der Waals surface area contributed by atoms with Crippen LogP contribution in [-0.2, 0) is 10.0 Å². The van der Waals surface area contributed by atoms with Crippen molar-refractivity contribution in [2.75, 3.05) is 5.43 Å². The molecule has 6 rings (SSSR count). The van der Waals surface area contributed by atoms with Gasteiger partial charge in [-0.15, -0.1) is 11.3 Å². The van der Waals surface area contributed by atoms with Gasteiger partial charge in [-0.05, 0) is 43.3 Å². The molecule has 3 heterocycles. The molecule has 3 N–H and O–H groups in total. The van der Waals surface area contributed by atoms with Gasteiger partial charge in [-0.1, -0.05) is 48.0 Å². The van der Waals surface area contributed by atoms with Gasteiger partial charge >= 0.3 is 5.63 Å². The number of para-hydroxylation sites is 1. The van der Waals surface area contributed by atoms with E-state index in [-0.39, 0.29) is 4.90 Å². The van der Waals surface area contributed by atoms with E-state index in [4.69, 9.17) is 14.7 Å². The molecule has 3 aromatic carbocycles. The van der Waals surface area contributed by atoms with E-state index in [9.17, 15) is 13.2 Å². The quantitative estimate of drug-likeness (QED) is 0.150. The number of benzene rings is 3. The van der Waals surface area contributed by atoms with Crippen LogP contribution in [0.5, 0.6) is 0 Å². The van der Waals surface area contributed by atoms with Crippen molar-refractivity contribution in [1.29, 1.82) is 0 Å². The van der Waals surface area contributed by atoms with Crippen molar-refractivity contribution in [3.05, 3.63) is 112 Å². The summed E-state index contributed by atoms with van der Waals surface area (Å²) in [4.78, 5) is 17.0. The zero-order valence-electron chi connectivity index (χ0n) is 21.6. The van der Waals surface area contributed by atoms with Crippen molar-refractivity contribution in [2.24, 2.45) is 10.2 Å². The number of aryl methyl sites for hydroxylation is 1. The van der Waals surface area contributed by atoms with E-state index >= 15 is 0 Å². The highest BCUT2D eigenvalue weighted by Crippen LogP contribution is 2.26. The zero-order valence-corrected chi connectivity index (χ0v) is 23.2. The third-order valence-corrected chi connectivity index (χ3v) is 7.96. The van der Waals surface area contributed by atoms with Crippen LogP contribution in [-0.4, -0.2) is 29.4 Å². The number of hydrogen-bond acceptors (Lipinski definition) is 9. The first-order chi connectivity index (χ1) is 19.7. The average Bonchev–Trinajstić information content (AvgIpc) is 3.60. The van der Waals surface area contributed by atoms with Crippen LogP contribution in [0, 0.1) is 6.92 Å². The fourth-order valence-electron chi connectivity index (χ4n) is 4.18. The van der Waals surface area contributed by atoms with Gasteiger partial charge in [-0.3, -0.25) is 5.43 Å². The molecular weight excluding hydrogens is 560 g/mol. The second-order valence-corrected chi connectivity index (χ2v) is 11.6. The zero-order chi connectivity index (χ0) is 28.6. The normalized spacial score (nSPS) is 11.9. The van der Waals surface area contributed by atoms with Gasteiger partial charge in [0.2, 0.25) is 15.2 Å². The highest BCUT2D eigenvalue weighted by molar-refractivity contribution is 7.89. The highest BCUT2D eigenvalue weighted by atomic mass is 32.2. The lowest BCUT2D eigenvalue weighted by molar-refractivity contribution is 0.563. The molecule has 0 spiro atoms. The van der Waals surface area contributed by atoms with Gasteiger partial charge in [0, 0.05) is 28.1 Å². The monoisotopic (exact) mass is 582 g/mol. The van der Waals surface area contributed by atoms with Crippen molar-refractivity contribution in [1.82, 2.24) is 14.8 Å². The Bertz CT molecular complexity index is 2080. The van der Waals surface area contributed by atoms with E-state index in [1.807, 2.05) is 49.4 Å². The van der Waals surface area contributed by atoms with Crippen molar-refractivity contribution in [3.8, 4) is 28.2 Å². The first kappa shape index (κ1) is 26.3. The molecule has 3 aromatic heterocycles. The van der Waals surface area contributed by atoms with Crippen LogP contribution in [0.25, 0.3) is 39.2 Å². The molecule has 6 aromatic rings. The lowest BCUT2D eigenvalue weighted by Gasteiger charge is -2.03. The maximum Gasteiger partial charge on any atom is 0.345 e. The summed E-state index contributed by atoms with van der Waals surface area (Å²) in [5.41, 5.74) is 7.88. The van der Waals surface area contributed by atoms with Gasteiger partial charge in [0.1, 0.15) is 11.3 Å². The second-order valence-electron chi connectivity index (χ2n) is 9.18. The molecule has 12 heteroatoms. The van der Waals surface area contributed by atoms with Gasteiger partial charge in [-0.25, -0.2) is 28.0 Å². The fraction of sp³-hybridized carbons (Fsp3) is 0.0345. The van der Waals surface area contributed by atoms with Crippen LogP contribution in [0.1, 0.15) is 11.1 Å². The molecule has 41 heavy (non-hydrogen) atoms. The predicted molar refractivity (Wildman–Crippen MR) is 160 cm³/mol. The minimum absolute atomic E-state index is 0.0161. The summed E-state index contributed by atoms with van der Waals surface area (Å²) in [6, 6.07) is 23.1. The van der Waals surface area contributed by atoms with Gasteiger partial charge in [0.05, 0.1) is 28.1 Å². The molecule has 204 valence electrons. The number of fused-ring (bicyclic) bond motifs is 1. The minimum Gasteiger partial charge on any atom is -0.422 e. The lowest BCUT2D eigenvalue weighted by Crippen LogP contribution is -2.12. The van der Waals surface area contributed by atoms with Crippen LogP contribution in [0.2, 0.25) is 0 Å². The maximum atomic E-state index is 12.5. The summed E-state index contributed by atoms with van der Waals surface area (Å²) in [5, 5.41) is 17.4. The van der Waals surface area contributed by atoms with Crippen molar-refractivity contribution >= 4 is 43.7 Å². The Morgan fingerprint density at radius 3 is 2.56 bits per heavy atom. The van der Waals surface area contributed by atoms with Crippen LogP contribution in [0.4, 0.5) is 5.13 Å². The van der Waals surface area contributed by atoms with Gasteiger partial charge in [0.15, 0.2) is 0 Å². The van der Waals surface area contributed by atoms with E-state index in [1.54, 1.807) is 46.7 Å². The lowest BCUT2D eigenvalue weighted by atomic mass is 10.1. The van der Waals surface area contributed by atoms with Crippen LogP contribution in [0.3, 0.4) is 0 Å². The number of primary sulfonamides is 1.